The second kappa shape index (κ2) is 8.95. The third-order valence-electron chi connectivity index (χ3n) is 5.73. The summed E-state index contributed by atoms with van der Waals surface area (Å²) >= 11 is 0. The lowest BCUT2D eigenvalue weighted by Gasteiger charge is -2.21. The van der Waals surface area contributed by atoms with Crippen molar-refractivity contribution in [3.63, 3.8) is 0 Å². The summed E-state index contributed by atoms with van der Waals surface area (Å²) in [6.07, 6.45) is 1.35. The van der Waals surface area contributed by atoms with Crippen LogP contribution in [0.1, 0.15) is 23.7 Å². The van der Waals surface area contributed by atoms with E-state index in [1.807, 2.05) is 6.07 Å². The molecule has 4 rings (SSSR count). The molecule has 1 aromatic heterocycles. The molecule has 0 saturated heterocycles. The lowest BCUT2D eigenvalue weighted by atomic mass is 9.96. The number of carbonyl (C=O) groups excluding carboxylic acids is 1. The number of rotatable bonds is 7. The van der Waals surface area contributed by atoms with Gasteiger partial charge in [-0.05, 0) is 48.0 Å². The Morgan fingerprint density at radius 2 is 1.76 bits per heavy atom. The Labute approximate surface area is 197 Å². The van der Waals surface area contributed by atoms with Gasteiger partial charge in [-0.1, -0.05) is 19.1 Å². The van der Waals surface area contributed by atoms with Crippen LogP contribution in [0.15, 0.2) is 65.1 Å². The Morgan fingerprint density at radius 1 is 1.06 bits per heavy atom. The van der Waals surface area contributed by atoms with Crippen LogP contribution in [0.2, 0.25) is 0 Å². The Morgan fingerprint density at radius 3 is 2.38 bits per heavy atom. The van der Waals surface area contributed by atoms with Gasteiger partial charge in [0.15, 0.2) is 5.78 Å². The summed E-state index contributed by atoms with van der Waals surface area (Å²) in [5.74, 6) is 0.381. The van der Waals surface area contributed by atoms with Crippen LogP contribution in [-0.2, 0) is 10.0 Å². The number of hydrogen-bond donors (Lipinski definition) is 0. The molecule has 176 valence electrons. The number of furan rings is 1. The molecule has 34 heavy (non-hydrogen) atoms. The topological polar surface area (TPSA) is 76.8 Å². The molecule has 0 saturated carbocycles. The molecule has 0 aliphatic heterocycles. The van der Waals surface area contributed by atoms with Crippen molar-refractivity contribution in [1.29, 1.82) is 0 Å². The van der Waals surface area contributed by atoms with Gasteiger partial charge in [-0.25, -0.2) is 12.8 Å². The quantitative estimate of drug-likeness (QED) is 0.307. The summed E-state index contributed by atoms with van der Waals surface area (Å²) in [6, 6.07) is 16.3. The van der Waals surface area contributed by atoms with Crippen LogP contribution < -0.4 is 9.04 Å². The van der Waals surface area contributed by atoms with Gasteiger partial charge in [0.2, 0.25) is 10.0 Å². The standard InChI is InChI=1S/C26H24FNO5S/c1-5-23(29)25-21-14-20(17-7-6-8-19(13-17)32-3)22(28(2)34(4,30)31)15-24(21)33-26(25)16-9-11-18(27)12-10-16/h6-15H,5H2,1-4H3. The van der Waals surface area contributed by atoms with E-state index in [-0.39, 0.29) is 12.2 Å². The van der Waals surface area contributed by atoms with Crippen LogP contribution in [0.3, 0.4) is 0 Å². The average Bonchev–Trinajstić information content (AvgIpc) is 3.20. The van der Waals surface area contributed by atoms with Crippen LogP contribution in [0.25, 0.3) is 33.4 Å². The lowest BCUT2D eigenvalue weighted by molar-refractivity contribution is 0.0989. The third kappa shape index (κ3) is 4.28. The fourth-order valence-electron chi connectivity index (χ4n) is 3.85. The molecule has 0 radical (unpaired) electrons. The highest BCUT2D eigenvalue weighted by molar-refractivity contribution is 7.92. The number of hydrogen-bond acceptors (Lipinski definition) is 5. The molecule has 0 aliphatic rings. The number of nitrogens with zero attached hydrogens (tertiary/aromatic N) is 1. The van der Waals surface area contributed by atoms with E-state index < -0.39 is 15.8 Å². The minimum absolute atomic E-state index is 0.140. The smallest absolute Gasteiger partial charge is 0.232 e. The Hall–Kier alpha value is -3.65. The predicted molar refractivity (Wildman–Crippen MR) is 131 cm³/mol. The molecule has 0 unspecified atom stereocenters. The molecule has 0 aliphatic carbocycles. The number of benzene rings is 3. The predicted octanol–water partition coefficient (Wildman–Crippen LogP) is 5.90. The molecular formula is C26H24FNO5S. The number of anilines is 1. The first-order valence-corrected chi connectivity index (χ1v) is 12.5. The monoisotopic (exact) mass is 481 g/mol. The summed E-state index contributed by atoms with van der Waals surface area (Å²) in [4.78, 5) is 13.0. The number of fused-ring (bicyclic) bond motifs is 1. The third-order valence-corrected chi connectivity index (χ3v) is 6.92. The van der Waals surface area contributed by atoms with Crippen molar-refractivity contribution in [2.45, 2.75) is 13.3 Å². The molecule has 0 fully saturated rings. The van der Waals surface area contributed by atoms with Crippen LogP contribution in [0.5, 0.6) is 5.75 Å². The maximum Gasteiger partial charge on any atom is 0.232 e. The van der Waals surface area contributed by atoms with E-state index in [0.717, 1.165) is 6.26 Å². The minimum atomic E-state index is -3.60. The van der Waals surface area contributed by atoms with Gasteiger partial charge >= 0.3 is 0 Å². The summed E-state index contributed by atoms with van der Waals surface area (Å²) in [7, 11) is -0.589. The van der Waals surface area contributed by atoms with Crippen LogP contribution in [-0.4, -0.2) is 34.6 Å². The van der Waals surface area contributed by atoms with Gasteiger partial charge in [0.25, 0.3) is 0 Å². The van der Waals surface area contributed by atoms with Crippen molar-refractivity contribution in [2.24, 2.45) is 0 Å². The summed E-state index contributed by atoms with van der Waals surface area (Å²) < 4.78 is 51.0. The van der Waals surface area contributed by atoms with Crippen molar-refractivity contribution in [1.82, 2.24) is 0 Å². The van der Waals surface area contributed by atoms with Crippen LogP contribution >= 0.6 is 0 Å². The molecule has 8 heteroatoms. The molecule has 0 bridgehead atoms. The lowest BCUT2D eigenvalue weighted by Crippen LogP contribution is -2.25. The van der Waals surface area contributed by atoms with Crippen LogP contribution in [0.4, 0.5) is 10.1 Å². The fraction of sp³-hybridized carbons (Fsp3) is 0.192. The first-order chi connectivity index (χ1) is 16.1. The normalized spacial score (nSPS) is 11.6. The van der Waals surface area contributed by atoms with Gasteiger partial charge in [-0.2, -0.15) is 0 Å². The van der Waals surface area contributed by atoms with Crippen molar-refractivity contribution in [3.05, 3.63) is 72.0 Å². The van der Waals surface area contributed by atoms with Crippen molar-refractivity contribution >= 4 is 32.5 Å². The molecular weight excluding hydrogens is 457 g/mol. The maximum atomic E-state index is 13.5. The van der Waals surface area contributed by atoms with Crippen molar-refractivity contribution in [3.8, 4) is 28.2 Å². The molecule has 3 aromatic carbocycles. The van der Waals surface area contributed by atoms with Gasteiger partial charge in [-0.15, -0.1) is 0 Å². The number of sulfonamides is 1. The highest BCUT2D eigenvalue weighted by atomic mass is 32.2. The highest BCUT2D eigenvalue weighted by Gasteiger charge is 2.25. The summed E-state index contributed by atoms with van der Waals surface area (Å²) in [5, 5.41) is 0.551. The Bertz CT molecular complexity index is 1490. The zero-order chi connectivity index (χ0) is 24.6. The number of ether oxygens (including phenoxy) is 1. The largest absolute Gasteiger partial charge is 0.497 e. The molecule has 0 N–H and O–H groups in total. The highest BCUT2D eigenvalue weighted by Crippen LogP contribution is 2.42. The number of Topliss-reactive ketones (excluding diaryl/α,β-unsaturated/α-hetero) is 1. The van der Waals surface area contributed by atoms with E-state index in [1.54, 1.807) is 56.5 Å². The van der Waals surface area contributed by atoms with Gasteiger partial charge < -0.3 is 9.15 Å². The molecule has 0 atom stereocenters. The van der Waals surface area contributed by atoms with Gasteiger partial charge in [0, 0.05) is 36.0 Å². The van der Waals surface area contributed by atoms with Gasteiger partial charge in [0.1, 0.15) is 22.9 Å². The molecule has 0 amide bonds. The summed E-state index contributed by atoms with van der Waals surface area (Å²) in [6.45, 7) is 1.75. The van der Waals surface area contributed by atoms with E-state index >= 15 is 0 Å². The molecule has 1 heterocycles. The molecule has 4 aromatic rings. The van der Waals surface area contributed by atoms with E-state index in [1.165, 1.54) is 23.5 Å². The number of halogens is 1. The van der Waals surface area contributed by atoms with E-state index in [0.29, 0.717) is 50.4 Å². The van der Waals surface area contributed by atoms with E-state index in [9.17, 15) is 17.6 Å². The van der Waals surface area contributed by atoms with Gasteiger partial charge in [0.05, 0.1) is 24.6 Å². The number of carbonyl (C=O) groups is 1. The zero-order valence-corrected chi connectivity index (χ0v) is 20.1. The Balaban J connectivity index is 2.08. The average molecular weight is 482 g/mol. The molecule has 6 nitrogen and oxygen atoms in total. The second-order valence-corrected chi connectivity index (χ2v) is 9.93. The minimum Gasteiger partial charge on any atom is -0.497 e. The summed E-state index contributed by atoms with van der Waals surface area (Å²) in [5.41, 5.74) is 2.98. The second-order valence-electron chi connectivity index (χ2n) is 7.92. The Kier molecular flexibility index (Phi) is 6.18. The van der Waals surface area contributed by atoms with Crippen molar-refractivity contribution in [2.75, 3.05) is 24.7 Å². The maximum absolute atomic E-state index is 13.5. The fourth-order valence-corrected chi connectivity index (χ4v) is 4.36. The number of methoxy groups -OCH3 is 1. The molecule has 0 spiro atoms. The van der Waals surface area contributed by atoms with Crippen molar-refractivity contribution < 1.29 is 26.8 Å². The van der Waals surface area contributed by atoms with E-state index in [2.05, 4.69) is 0 Å². The zero-order valence-electron chi connectivity index (χ0n) is 19.3. The SMILES string of the molecule is CCC(=O)c1c(-c2ccc(F)cc2)oc2cc(N(C)S(C)(=O)=O)c(-c3cccc(OC)c3)cc12. The first-order valence-electron chi connectivity index (χ1n) is 10.6. The van der Waals surface area contributed by atoms with Gasteiger partial charge in [-0.3, -0.25) is 9.10 Å². The van der Waals surface area contributed by atoms with Crippen LogP contribution in [0, 0.1) is 5.82 Å². The first kappa shape index (κ1) is 23.5. The number of ketones is 1. The van der Waals surface area contributed by atoms with E-state index in [4.69, 9.17) is 9.15 Å².